The lowest BCUT2D eigenvalue weighted by Crippen LogP contribution is -2.30. The SMILES string of the molecule is CC[C@@H](C)[C@H]1OC(C)(C)O[C@H]1/C=N/OCc1ccccc1. The molecule has 1 aromatic rings. The second-order valence-electron chi connectivity index (χ2n) is 5.96. The highest BCUT2D eigenvalue weighted by molar-refractivity contribution is 5.63. The largest absolute Gasteiger partial charge is 0.391 e. The van der Waals surface area contributed by atoms with Gasteiger partial charge in [0.15, 0.2) is 5.79 Å². The van der Waals surface area contributed by atoms with Crippen molar-refractivity contribution in [2.45, 2.75) is 58.7 Å². The van der Waals surface area contributed by atoms with Crippen LogP contribution < -0.4 is 0 Å². The van der Waals surface area contributed by atoms with E-state index in [2.05, 4.69) is 19.0 Å². The zero-order valence-corrected chi connectivity index (χ0v) is 13.3. The van der Waals surface area contributed by atoms with E-state index in [0.29, 0.717) is 12.5 Å². The first kappa shape index (κ1) is 16.0. The van der Waals surface area contributed by atoms with Crippen LogP contribution in [0.25, 0.3) is 0 Å². The number of benzene rings is 1. The second-order valence-corrected chi connectivity index (χ2v) is 5.96. The molecule has 1 aliphatic rings. The third-order valence-corrected chi connectivity index (χ3v) is 3.72. The third kappa shape index (κ3) is 4.55. The van der Waals surface area contributed by atoms with Crippen molar-refractivity contribution in [3.63, 3.8) is 0 Å². The summed E-state index contributed by atoms with van der Waals surface area (Å²) < 4.78 is 11.8. The van der Waals surface area contributed by atoms with Crippen molar-refractivity contribution in [2.75, 3.05) is 0 Å². The molecule has 4 nitrogen and oxygen atoms in total. The first-order valence-corrected chi connectivity index (χ1v) is 7.57. The van der Waals surface area contributed by atoms with Crippen LogP contribution in [0.3, 0.4) is 0 Å². The lowest BCUT2D eigenvalue weighted by atomic mass is 9.98. The molecule has 1 aromatic carbocycles. The summed E-state index contributed by atoms with van der Waals surface area (Å²) in [5.74, 6) is -0.151. The molecular formula is C17H25NO3. The van der Waals surface area contributed by atoms with Gasteiger partial charge in [-0.1, -0.05) is 55.8 Å². The van der Waals surface area contributed by atoms with Gasteiger partial charge in [-0.3, -0.25) is 0 Å². The number of hydrogen-bond acceptors (Lipinski definition) is 4. The highest BCUT2D eigenvalue weighted by atomic mass is 16.8. The summed E-state index contributed by atoms with van der Waals surface area (Å²) in [6, 6.07) is 9.97. The van der Waals surface area contributed by atoms with Crippen molar-refractivity contribution in [1.82, 2.24) is 0 Å². The molecule has 2 rings (SSSR count). The number of hydrogen-bond donors (Lipinski definition) is 0. The van der Waals surface area contributed by atoms with Crippen LogP contribution in [0, 0.1) is 5.92 Å². The Morgan fingerprint density at radius 1 is 1.29 bits per heavy atom. The molecular weight excluding hydrogens is 266 g/mol. The second kappa shape index (κ2) is 7.05. The van der Waals surface area contributed by atoms with E-state index >= 15 is 0 Å². The molecule has 0 aliphatic carbocycles. The van der Waals surface area contributed by atoms with Gasteiger partial charge in [0.2, 0.25) is 0 Å². The average molecular weight is 291 g/mol. The van der Waals surface area contributed by atoms with E-state index in [4.69, 9.17) is 14.3 Å². The van der Waals surface area contributed by atoms with Crippen LogP contribution in [0.1, 0.15) is 39.7 Å². The van der Waals surface area contributed by atoms with Crippen LogP contribution >= 0.6 is 0 Å². The standard InChI is InChI=1S/C17H25NO3/c1-5-13(2)16-15(20-17(3,4)21-16)11-18-19-12-14-9-7-6-8-10-14/h6-11,13,15-16H,5,12H2,1-4H3/b18-11+/t13-,15+,16-/m1/s1. The first-order chi connectivity index (χ1) is 10.0. The van der Waals surface area contributed by atoms with E-state index in [1.54, 1.807) is 6.21 Å². The summed E-state index contributed by atoms with van der Waals surface area (Å²) in [4.78, 5) is 5.35. The fourth-order valence-electron chi connectivity index (χ4n) is 2.39. The Kier molecular flexibility index (Phi) is 5.37. The molecule has 3 atom stereocenters. The van der Waals surface area contributed by atoms with Gasteiger partial charge in [0.05, 0.1) is 12.3 Å². The predicted molar refractivity (Wildman–Crippen MR) is 83.0 cm³/mol. The van der Waals surface area contributed by atoms with Crippen molar-refractivity contribution in [3.05, 3.63) is 35.9 Å². The minimum Gasteiger partial charge on any atom is -0.391 e. The molecule has 1 saturated heterocycles. The van der Waals surface area contributed by atoms with Crippen LogP contribution in [0.2, 0.25) is 0 Å². The Balaban J connectivity index is 1.89. The Bertz CT molecular complexity index is 458. The molecule has 0 radical (unpaired) electrons. The van der Waals surface area contributed by atoms with Crippen molar-refractivity contribution >= 4 is 6.21 Å². The van der Waals surface area contributed by atoms with Gasteiger partial charge in [-0.05, 0) is 25.3 Å². The van der Waals surface area contributed by atoms with Crippen LogP contribution in [0.5, 0.6) is 0 Å². The normalized spacial score (nSPS) is 26.1. The Labute approximate surface area is 127 Å². The minimum absolute atomic E-state index is 0.0223. The molecule has 0 N–H and O–H groups in total. The number of nitrogens with zero attached hydrogens (tertiary/aromatic N) is 1. The van der Waals surface area contributed by atoms with Crippen molar-refractivity contribution < 1.29 is 14.3 Å². The van der Waals surface area contributed by atoms with E-state index in [0.717, 1.165) is 12.0 Å². The van der Waals surface area contributed by atoms with Gasteiger partial charge in [0.25, 0.3) is 0 Å². The van der Waals surface area contributed by atoms with Gasteiger partial charge >= 0.3 is 0 Å². The first-order valence-electron chi connectivity index (χ1n) is 7.57. The van der Waals surface area contributed by atoms with E-state index in [-0.39, 0.29) is 12.2 Å². The predicted octanol–water partition coefficient (Wildman–Crippen LogP) is 3.76. The Hall–Kier alpha value is -1.39. The molecule has 0 saturated carbocycles. The summed E-state index contributed by atoms with van der Waals surface area (Å²) in [5, 5.41) is 4.05. The molecule has 0 unspecified atom stereocenters. The van der Waals surface area contributed by atoms with Gasteiger partial charge in [-0.25, -0.2) is 0 Å². The third-order valence-electron chi connectivity index (χ3n) is 3.72. The minimum atomic E-state index is -0.565. The van der Waals surface area contributed by atoms with E-state index < -0.39 is 5.79 Å². The summed E-state index contributed by atoms with van der Waals surface area (Å²) in [6.07, 6.45) is 2.62. The van der Waals surface area contributed by atoms with E-state index in [1.807, 2.05) is 44.2 Å². The average Bonchev–Trinajstić information content (AvgIpc) is 2.79. The summed E-state index contributed by atoms with van der Waals surface area (Å²) >= 11 is 0. The lowest BCUT2D eigenvalue weighted by molar-refractivity contribution is -0.146. The molecule has 21 heavy (non-hydrogen) atoms. The molecule has 0 spiro atoms. The quantitative estimate of drug-likeness (QED) is 0.592. The van der Waals surface area contributed by atoms with Crippen molar-refractivity contribution in [3.8, 4) is 0 Å². The van der Waals surface area contributed by atoms with Gasteiger partial charge in [0, 0.05) is 0 Å². The molecule has 0 aromatic heterocycles. The molecule has 4 heteroatoms. The van der Waals surface area contributed by atoms with Gasteiger partial charge in [0.1, 0.15) is 12.7 Å². The molecule has 0 bridgehead atoms. The fourth-order valence-corrected chi connectivity index (χ4v) is 2.39. The topological polar surface area (TPSA) is 40.0 Å². The monoisotopic (exact) mass is 291 g/mol. The van der Waals surface area contributed by atoms with Gasteiger partial charge < -0.3 is 14.3 Å². The highest BCUT2D eigenvalue weighted by Crippen LogP contribution is 2.32. The van der Waals surface area contributed by atoms with E-state index in [1.165, 1.54) is 0 Å². The number of ether oxygens (including phenoxy) is 2. The molecule has 1 aliphatic heterocycles. The lowest BCUT2D eigenvalue weighted by Gasteiger charge is -2.20. The maximum atomic E-state index is 5.96. The van der Waals surface area contributed by atoms with E-state index in [9.17, 15) is 0 Å². The van der Waals surface area contributed by atoms with Crippen LogP contribution in [0.4, 0.5) is 0 Å². The summed E-state index contributed by atoms with van der Waals surface area (Å²) in [5.41, 5.74) is 1.09. The number of rotatable bonds is 6. The fraction of sp³-hybridized carbons (Fsp3) is 0.588. The van der Waals surface area contributed by atoms with Crippen LogP contribution in [-0.4, -0.2) is 24.2 Å². The summed E-state index contributed by atoms with van der Waals surface area (Å²) in [7, 11) is 0. The maximum absolute atomic E-state index is 5.96. The van der Waals surface area contributed by atoms with Crippen molar-refractivity contribution in [2.24, 2.45) is 11.1 Å². The zero-order chi connectivity index (χ0) is 15.3. The molecule has 0 amide bonds. The Morgan fingerprint density at radius 3 is 2.67 bits per heavy atom. The van der Waals surface area contributed by atoms with Gasteiger partial charge in [-0.15, -0.1) is 0 Å². The number of oxime groups is 1. The smallest absolute Gasteiger partial charge is 0.164 e. The summed E-state index contributed by atoms with van der Waals surface area (Å²) in [6.45, 7) is 8.64. The van der Waals surface area contributed by atoms with Crippen molar-refractivity contribution in [1.29, 1.82) is 0 Å². The van der Waals surface area contributed by atoms with Crippen LogP contribution in [-0.2, 0) is 20.9 Å². The molecule has 1 fully saturated rings. The van der Waals surface area contributed by atoms with Gasteiger partial charge in [-0.2, -0.15) is 0 Å². The zero-order valence-electron chi connectivity index (χ0n) is 13.3. The molecule has 1 heterocycles. The molecule has 116 valence electrons. The highest BCUT2D eigenvalue weighted by Gasteiger charge is 2.42. The maximum Gasteiger partial charge on any atom is 0.164 e. The van der Waals surface area contributed by atoms with Crippen LogP contribution in [0.15, 0.2) is 35.5 Å². The Morgan fingerprint density at radius 2 is 2.00 bits per heavy atom.